The summed E-state index contributed by atoms with van der Waals surface area (Å²) < 4.78 is 39.7. The minimum atomic E-state index is -4.53. The summed E-state index contributed by atoms with van der Waals surface area (Å²) in [6.07, 6.45) is -2.63. The first-order valence-corrected chi connectivity index (χ1v) is 7.70. The average Bonchev–Trinajstić information content (AvgIpc) is 2.54. The van der Waals surface area contributed by atoms with Crippen LogP contribution >= 0.6 is 0 Å². The largest absolute Gasteiger partial charge is 0.408 e. The molecule has 2 amide bonds. The van der Waals surface area contributed by atoms with E-state index in [0.29, 0.717) is 18.5 Å². The maximum absolute atomic E-state index is 13.2. The summed E-state index contributed by atoms with van der Waals surface area (Å²) in [6.45, 7) is 0.135. The van der Waals surface area contributed by atoms with Gasteiger partial charge in [0.25, 0.3) is 0 Å². The van der Waals surface area contributed by atoms with Crippen molar-refractivity contribution in [2.45, 2.75) is 43.9 Å². The second kappa shape index (κ2) is 7.68. The molecule has 1 heterocycles. The molecule has 0 aliphatic carbocycles. The van der Waals surface area contributed by atoms with Crippen LogP contribution in [-0.4, -0.2) is 47.4 Å². The van der Waals surface area contributed by atoms with E-state index in [4.69, 9.17) is 0 Å². The van der Waals surface area contributed by atoms with Gasteiger partial charge in [0.05, 0.1) is 12.6 Å². The van der Waals surface area contributed by atoms with Crippen LogP contribution in [0.2, 0.25) is 0 Å². The molecule has 0 unspecified atom stereocenters. The number of urea groups is 1. The summed E-state index contributed by atoms with van der Waals surface area (Å²) >= 11 is 0. The predicted molar refractivity (Wildman–Crippen MR) is 80.0 cm³/mol. The molecule has 1 aromatic rings. The molecule has 1 aromatic carbocycles. The van der Waals surface area contributed by atoms with Gasteiger partial charge in [-0.25, -0.2) is 4.79 Å². The zero-order valence-corrected chi connectivity index (χ0v) is 12.7. The Kier molecular flexibility index (Phi) is 5.87. The third kappa shape index (κ3) is 4.86. The van der Waals surface area contributed by atoms with E-state index in [2.05, 4.69) is 5.32 Å². The number of hydrogen-bond acceptors (Lipinski definition) is 2. The molecular weight excluding hydrogens is 309 g/mol. The molecule has 0 saturated carbocycles. The third-order valence-electron chi connectivity index (χ3n) is 4.07. The van der Waals surface area contributed by atoms with Gasteiger partial charge in [0.1, 0.15) is 6.04 Å². The van der Waals surface area contributed by atoms with E-state index in [1.165, 1.54) is 4.90 Å². The quantitative estimate of drug-likeness (QED) is 0.892. The Labute approximate surface area is 133 Å². The van der Waals surface area contributed by atoms with Crippen LogP contribution in [0.5, 0.6) is 0 Å². The summed E-state index contributed by atoms with van der Waals surface area (Å²) in [7, 11) is 0. The number of rotatable bonds is 4. The molecular formula is C16H21F3N2O2. The van der Waals surface area contributed by atoms with Gasteiger partial charge in [-0.1, -0.05) is 30.3 Å². The number of nitrogens with one attached hydrogen (secondary N) is 1. The summed E-state index contributed by atoms with van der Waals surface area (Å²) in [5.41, 5.74) is 0.507. The minimum Gasteiger partial charge on any atom is -0.394 e. The molecule has 1 fully saturated rings. The highest BCUT2D eigenvalue weighted by Gasteiger charge is 2.42. The summed E-state index contributed by atoms with van der Waals surface area (Å²) in [6, 6.07) is 5.14. The molecule has 0 spiro atoms. The number of halogens is 3. The highest BCUT2D eigenvalue weighted by Crippen LogP contribution is 2.24. The molecule has 0 radical (unpaired) electrons. The molecule has 4 nitrogen and oxygen atoms in total. The van der Waals surface area contributed by atoms with Crippen LogP contribution in [0.4, 0.5) is 18.0 Å². The van der Waals surface area contributed by atoms with Crippen molar-refractivity contribution in [2.24, 2.45) is 0 Å². The number of aliphatic hydroxyl groups is 1. The Morgan fingerprint density at radius 2 is 2.00 bits per heavy atom. The fourth-order valence-corrected chi connectivity index (χ4v) is 2.79. The van der Waals surface area contributed by atoms with E-state index in [-0.39, 0.29) is 13.0 Å². The van der Waals surface area contributed by atoms with Crippen molar-refractivity contribution in [1.29, 1.82) is 0 Å². The number of piperidine rings is 1. The molecule has 7 heteroatoms. The number of aliphatic hydroxyl groups excluding tert-OH is 1. The molecule has 1 aliphatic heterocycles. The summed E-state index contributed by atoms with van der Waals surface area (Å²) in [5.74, 6) is 0. The molecule has 2 N–H and O–H groups in total. The Bertz CT molecular complexity index is 508. The number of benzene rings is 1. The number of nitrogens with zero attached hydrogens (tertiary/aromatic N) is 1. The van der Waals surface area contributed by atoms with Crippen LogP contribution in [0.1, 0.15) is 24.8 Å². The van der Waals surface area contributed by atoms with Gasteiger partial charge in [-0.3, -0.25) is 0 Å². The lowest BCUT2D eigenvalue weighted by molar-refractivity contribution is -0.153. The van der Waals surface area contributed by atoms with Crippen molar-refractivity contribution in [1.82, 2.24) is 10.2 Å². The van der Waals surface area contributed by atoms with Crippen LogP contribution in [0.25, 0.3) is 0 Å². The number of alkyl halides is 3. The van der Waals surface area contributed by atoms with E-state index >= 15 is 0 Å². The molecule has 0 aromatic heterocycles. The van der Waals surface area contributed by atoms with Crippen molar-refractivity contribution in [3.63, 3.8) is 0 Å². The highest BCUT2D eigenvalue weighted by atomic mass is 19.4. The number of hydrogen-bond donors (Lipinski definition) is 2. The number of likely N-dealkylation sites (tertiary alicyclic amines) is 1. The van der Waals surface area contributed by atoms with Gasteiger partial charge < -0.3 is 15.3 Å². The van der Waals surface area contributed by atoms with E-state index < -0.39 is 24.3 Å². The molecule has 128 valence electrons. The van der Waals surface area contributed by atoms with Crippen LogP contribution in [0, 0.1) is 0 Å². The second-order valence-corrected chi connectivity index (χ2v) is 5.76. The third-order valence-corrected chi connectivity index (χ3v) is 4.07. The topological polar surface area (TPSA) is 52.6 Å². The van der Waals surface area contributed by atoms with Gasteiger partial charge in [-0.05, 0) is 24.8 Å². The van der Waals surface area contributed by atoms with Crippen LogP contribution < -0.4 is 5.32 Å². The minimum absolute atomic E-state index is 0.233. The van der Waals surface area contributed by atoms with Crippen molar-refractivity contribution < 1.29 is 23.1 Å². The van der Waals surface area contributed by atoms with Crippen molar-refractivity contribution >= 4 is 6.03 Å². The zero-order valence-electron chi connectivity index (χ0n) is 12.7. The van der Waals surface area contributed by atoms with Gasteiger partial charge in [0.2, 0.25) is 0 Å². The lowest BCUT2D eigenvalue weighted by atomic mass is 10.0. The van der Waals surface area contributed by atoms with Gasteiger partial charge in [-0.2, -0.15) is 13.2 Å². The van der Waals surface area contributed by atoms with Gasteiger partial charge in [0.15, 0.2) is 0 Å². The molecule has 23 heavy (non-hydrogen) atoms. The molecule has 2 atom stereocenters. The highest BCUT2D eigenvalue weighted by molar-refractivity contribution is 5.75. The van der Waals surface area contributed by atoms with Crippen molar-refractivity contribution in [3.05, 3.63) is 35.9 Å². The van der Waals surface area contributed by atoms with Crippen molar-refractivity contribution in [2.75, 3.05) is 13.2 Å². The van der Waals surface area contributed by atoms with E-state index in [0.717, 1.165) is 12.8 Å². The van der Waals surface area contributed by atoms with Crippen LogP contribution in [-0.2, 0) is 6.42 Å². The Morgan fingerprint density at radius 1 is 1.30 bits per heavy atom. The number of amides is 2. The first-order chi connectivity index (χ1) is 10.9. The van der Waals surface area contributed by atoms with Gasteiger partial charge >= 0.3 is 12.2 Å². The maximum atomic E-state index is 13.2. The fraction of sp³-hybridized carbons (Fsp3) is 0.562. The first kappa shape index (κ1) is 17.6. The molecule has 2 rings (SSSR count). The van der Waals surface area contributed by atoms with Crippen LogP contribution in [0.3, 0.4) is 0 Å². The maximum Gasteiger partial charge on any atom is 0.408 e. The number of carbonyl (C=O) groups excluding carboxylic acids is 1. The zero-order chi connectivity index (χ0) is 16.9. The lowest BCUT2D eigenvalue weighted by Crippen LogP contribution is -2.56. The van der Waals surface area contributed by atoms with Crippen molar-refractivity contribution in [3.8, 4) is 0 Å². The molecule has 1 aliphatic rings. The Hall–Kier alpha value is -1.76. The van der Waals surface area contributed by atoms with E-state index in [1.54, 1.807) is 30.3 Å². The van der Waals surface area contributed by atoms with Gasteiger partial charge in [-0.15, -0.1) is 0 Å². The number of carbonyl (C=O) groups is 1. The second-order valence-electron chi connectivity index (χ2n) is 5.76. The Balaban J connectivity index is 2.06. The van der Waals surface area contributed by atoms with E-state index in [1.807, 2.05) is 0 Å². The summed E-state index contributed by atoms with van der Waals surface area (Å²) in [4.78, 5) is 13.5. The summed E-state index contributed by atoms with van der Waals surface area (Å²) in [5, 5.41) is 11.4. The fourth-order valence-electron chi connectivity index (χ4n) is 2.79. The molecule has 1 saturated heterocycles. The Morgan fingerprint density at radius 3 is 2.61 bits per heavy atom. The predicted octanol–water partition coefficient (Wildman–Crippen LogP) is 2.72. The van der Waals surface area contributed by atoms with E-state index in [9.17, 15) is 23.1 Å². The van der Waals surface area contributed by atoms with Crippen LogP contribution in [0.15, 0.2) is 30.3 Å². The standard InChI is InChI=1S/C16H21F3N2O2/c17-16(18,19)14(10-12-6-2-1-3-7-12)20-15(23)21-9-5-4-8-13(21)11-22/h1-3,6-7,13-14,22H,4-5,8-11H2,(H,20,23)/t13-,14-/m1/s1. The SMILES string of the molecule is O=C(N[C@H](Cc1ccccc1)C(F)(F)F)N1CCCC[C@@H]1CO. The smallest absolute Gasteiger partial charge is 0.394 e. The first-order valence-electron chi connectivity index (χ1n) is 7.70. The molecule has 0 bridgehead atoms. The van der Waals surface area contributed by atoms with Gasteiger partial charge in [0, 0.05) is 13.0 Å². The monoisotopic (exact) mass is 330 g/mol. The lowest BCUT2D eigenvalue weighted by Gasteiger charge is -2.36. The average molecular weight is 330 g/mol. The normalized spacial score (nSPS) is 20.2.